The molecule has 2 rings (SSSR count). The summed E-state index contributed by atoms with van der Waals surface area (Å²) < 4.78 is 10.5. The van der Waals surface area contributed by atoms with Gasteiger partial charge in [0.1, 0.15) is 5.15 Å². The van der Waals surface area contributed by atoms with E-state index in [1.807, 2.05) is 12.1 Å². The molecule has 0 saturated carbocycles. The van der Waals surface area contributed by atoms with Crippen molar-refractivity contribution in [2.75, 3.05) is 14.2 Å². The number of methoxy groups -OCH3 is 2. The number of fused-ring (bicyclic) bond motifs is 1. The van der Waals surface area contributed by atoms with Crippen LogP contribution in [0.2, 0.25) is 5.15 Å². The van der Waals surface area contributed by atoms with E-state index in [1.54, 1.807) is 20.3 Å². The summed E-state index contributed by atoms with van der Waals surface area (Å²) in [7, 11) is 3.16. The summed E-state index contributed by atoms with van der Waals surface area (Å²) in [5.41, 5.74) is 1.60. The lowest BCUT2D eigenvalue weighted by atomic mass is 10.1. The standard InChI is InChI=1S/C14H13ClN2O2/c1-18-12-7-10-6-9(4-3-5-16)14(15)17-11(10)8-13(12)19-2/h6-8H,3-4H2,1-2H3. The average Bonchev–Trinajstić information content (AvgIpc) is 2.43. The molecule has 0 aliphatic carbocycles. The zero-order valence-electron chi connectivity index (χ0n) is 10.7. The fourth-order valence-electron chi connectivity index (χ4n) is 1.89. The van der Waals surface area contributed by atoms with Crippen LogP contribution in [0, 0.1) is 11.3 Å². The third kappa shape index (κ3) is 2.72. The SMILES string of the molecule is COc1cc2cc(CCC#N)c(Cl)nc2cc1OC. The molecular formula is C14H13ClN2O2. The van der Waals surface area contributed by atoms with Crippen molar-refractivity contribution in [3.05, 3.63) is 28.9 Å². The van der Waals surface area contributed by atoms with E-state index >= 15 is 0 Å². The van der Waals surface area contributed by atoms with E-state index in [1.165, 1.54) is 0 Å². The first-order valence-corrected chi connectivity index (χ1v) is 6.15. The molecule has 0 fully saturated rings. The number of aryl methyl sites for hydroxylation is 1. The predicted molar refractivity (Wildman–Crippen MR) is 73.8 cm³/mol. The molecule has 0 saturated heterocycles. The lowest BCUT2D eigenvalue weighted by Gasteiger charge is -2.10. The van der Waals surface area contributed by atoms with Crippen molar-refractivity contribution in [3.8, 4) is 17.6 Å². The zero-order chi connectivity index (χ0) is 13.8. The Morgan fingerprint density at radius 1 is 1.21 bits per heavy atom. The van der Waals surface area contributed by atoms with Gasteiger partial charge in [0.05, 0.1) is 25.8 Å². The lowest BCUT2D eigenvalue weighted by Crippen LogP contribution is -1.94. The van der Waals surface area contributed by atoms with Crippen molar-refractivity contribution in [3.63, 3.8) is 0 Å². The molecule has 1 aromatic heterocycles. The van der Waals surface area contributed by atoms with Crippen molar-refractivity contribution >= 4 is 22.5 Å². The molecular weight excluding hydrogens is 264 g/mol. The molecule has 4 nitrogen and oxygen atoms in total. The van der Waals surface area contributed by atoms with Gasteiger partial charge in [-0.05, 0) is 24.1 Å². The van der Waals surface area contributed by atoms with Crippen molar-refractivity contribution < 1.29 is 9.47 Å². The van der Waals surface area contributed by atoms with Crippen LogP contribution in [-0.4, -0.2) is 19.2 Å². The molecule has 0 N–H and O–H groups in total. The molecule has 19 heavy (non-hydrogen) atoms. The second kappa shape index (κ2) is 5.77. The van der Waals surface area contributed by atoms with Crippen LogP contribution >= 0.6 is 11.6 Å². The fraction of sp³-hybridized carbons (Fsp3) is 0.286. The summed E-state index contributed by atoms with van der Waals surface area (Å²) in [4.78, 5) is 4.33. The second-order valence-corrected chi connectivity index (χ2v) is 4.35. The first-order valence-electron chi connectivity index (χ1n) is 5.77. The Bertz CT molecular complexity index is 650. The number of hydrogen-bond donors (Lipinski definition) is 0. The summed E-state index contributed by atoms with van der Waals surface area (Å²) in [5.74, 6) is 1.26. The Hall–Kier alpha value is -1.99. The zero-order valence-corrected chi connectivity index (χ0v) is 11.5. The maximum absolute atomic E-state index is 8.63. The van der Waals surface area contributed by atoms with E-state index < -0.39 is 0 Å². The normalized spacial score (nSPS) is 10.2. The van der Waals surface area contributed by atoms with E-state index in [0.717, 1.165) is 16.5 Å². The van der Waals surface area contributed by atoms with Crippen LogP contribution in [0.3, 0.4) is 0 Å². The Balaban J connectivity index is 2.55. The van der Waals surface area contributed by atoms with Gasteiger partial charge in [0.15, 0.2) is 11.5 Å². The molecule has 0 spiro atoms. The Morgan fingerprint density at radius 2 is 1.89 bits per heavy atom. The summed E-state index contributed by atoms with van der Waals surface area (Å²) >= 11 is 6.12. The van der Waals surface area contributed by atoms with Crippen LogP contribution in [-0.2, 0) is 6.42 Å². The molecule has 98 valence electrons. The highest BCUT2D eigenvalue weighted by Crippen LogP contribution is 2.33. The van der Waals surface area contributed by atoms with Crippen LogP contribution in [0.5, 0.6) is 11.5 Å². The molecule has 2 aromatic rings. The number of halogens is 1. The maximum Gasteiger partial charge on any atom is 0.162 e. The molecule has 0 aliphatic heterocycles. The van der Waals surface area contributed by atoms with Crippen molar-refractivity contribution in [2.24, 2.45) is 0 Å². The van der Waals surface area contributed by atoms with Gasteiger partial charge in [0, 0.05) is 17.9 Å². The summed E-state index contributed by atoms with van der Waals surface area (Å²) in [6, 6.07) is 7.68. The number of nitrogens with zero attached hydrogens (tertiary/aromatic N) is 2. The van der Waals surface area contributed by atoms with Gasteiger partial charge in [-0.15, -0.1) is 0 Å². The predicted octanol–water partition coefficient (Wildman–Crippen LogP) is 3.36. The highest BCUT2D eigenvalue weighted by molar-refractivity contribution is 6.30. The van der Waals surface area contributed by atoms with Crippen molar-refractivity contribution in [1.82, 2.24) is 4.98 Å². The fourth-order valence-corrected chi connectivity index (χ4v) is 2.13. The van der Waals surface area contributed by atoms with Gasteiger partial charge in [-0.1, -0.05) is 11.6 Å². The Morgan fingerprint density at radius 3 is 2.53 bits per heavy atom. The van der Waals surface area contributed by atoms with Crippen LogP contribution < -0.4 is 9.47 Å². The van der Waals surface area contributed by atoms with Crippen LogP contribution in [0.25, 0.3) is 10.9 Å². The number of rotatable bonds is 4. The van der Waals surface area contributed by atoms with Crippen LogP contribution in [0.1, 0.15) is 12.0 Å². The number of benzene rings is 1. The van der Waals surface area contributed by atoms with E-state index in [0.29, 0.717) is 29.5 Å². The minimum atomic E-state index is 0.417. The Labute approximate surface area is 116 Å². The van der Waals surface area contributed by atoms with Gasteiger partial charge < -0.3 is 9.47 Å². The molecule has 0 amide bonds. The third-order valence-electron chi connectivity index (χ3n) is 2.85. The number of ether oxygens (including phenoxy) is 2. The van der Waals surface area contributed by atoms with Gasteiger partial charge in [0.25, 0.3) is 0 Å². The minimum Gasteiger partial charge on any atom is -0.493 e. The minimum absolute atomic E-state index is 0.417. The van der Waals surface area contributed by atoms with Gasteiger partial charge in [-0.2, -0.15) is 5.26 Å². The van der Waals surface area contributed by atoms with Gasteiger partial charge in [-0.25, -0.2) is 4.98 Å². The molecule has 0 radical (unpaired) electrons. The second-order valence-electron chi connectivity index (χ2n) is 4.00. The molecule has 1 heterocycles. The smallest absolute Gasteiger partial charge is 0.162 e. The largest absolute Gasteiger partial charge is 0.493 e. The Kier molecular flexibility index (Phi) is 4.08. The quantitative estimate of drug-likeness (QED) is 0.804. The molecule has 0 bridgehead atoms. The monoisotopic (exact) mass is 276 g/mol. The first kappa shape index (κ1) is 13.4. The van der Waals surface area contributed by atoms with Crippen LogP contribution in [0.4, 0.5) is 0 Å². The van der Waals surface area contributed by atoms with E-state index in [9.17, 15) is 0 Å². The summed E-state index contributed by atoms with van der Waals surface area (Å²) in [5, 5.41) is 9.97. The van der Waals surface area contributed by atoms with Gasteiger partial charge in [-0.3, -0.25) is 0 Å². The highest BCUT2D eigenvalue weighted by Gasteiger charge is 2.10. The van der Waals surface area contributed by atoms with Crippen molar-refractivity contribution in [1.29, 1.82) is 5.26 Å². The number of pyridine rings is 1. The molecule has 0 unspecified atom stereocenters. The van der Waals surface area contributed by atoms with E-state index in [-0.39, 0.29) is 0 Å². The summed E-state index contributed by atoms with van der Waals surface area (Å²) in [6.07, 6.45) is 1.01. The molecule has 1 aromatic carbocycles. The lowest BCUT2D eigenvalue weighted by molar-refractivity contribution is 0.356. The highest BCUT2D eigenvalue weighted by atomic mass is 35.5. The van der Waals surface area contributed by atoms with E-state index in [4.69, 9.17) is 26.3 Å². The van der Waals surface area contributed by atoms with Gasteiger partial charge >= 0.3 is 0 Å². The molecule has 0 atom stereocenters. The number of hydrogen-bond acceptors (Lipinski definition) is 4. The number of aromatic nitrogens is 1. The topological polar surface area (TPSA) is 55.1 Å². The van der Waals surface area contributed by atoms with Crippen molar-refractivity contribution in [2.45, 2.75) is 12.8 Å². The average molecular weight is 277 g/mol. The van der Waals surface area contributed by atoms with Crippen LogP contribution in [0.15, 0.2) is 18.2 Å². The third-order valence-corrected chi connectivity index (χ3v) is 3.18. The van der Waals surface area contributed by atoms with E-state index in [2.05, 4.69) is 11.1 Å². The number of nitriles is 1. The first-order chi connectivity index (χ1) is 9.19. The molecule has 5 heteroatoms. The molecule has 0 aliphatic rings. The van der Waals surface area contributed by atoms with Gasteiger partial charge in [0.2, 0.25) is 0 Å². The maximum atomic E-state index is 8.63. The summed E-state index contributed by atoms with van der Waals surface area (Å²) in [6.45, 7) is 0.